The van der Waals surface area contributed by atoms with Gasteiger partial charge in [0.25, 0.3) is 17.4 Å². The number of nitrogens with zero attached hydrogens (tertiary/aromatic N) is 2. The molecule has 1 atom stereocenters. The fraction of sp³-hybridized carbons (Fsp3) is 0.0435. The highest BCUT2D eigenvalue weighted by atomic mass is 19.1. The summed E-state index contributed by atoms with van der Waals surface area (Å²) in [6, 6.07) is 17.5. The molecule has 1 N–H and O–H groups in total. The van der Waals surface area contributed by atoms with Crippen molar-refractivity contribution < 1.29 is 24.0 Å². The topological polar surface area (TPSA) is 101 Å². The van der Waals surface area contributed by atoms with Gasteiger partial charge in [0.15, 0.2) is 0 Å². The molecule has 4 rings (SSSR count). The molecule has 7 nitrogen and oxygen atoms in total. The molecule has 154 valence electrons. The highest BCUT2D eigenvalue weighted by Gasteiger charge is 2.47. The van der Waals surface area contributed by atoms with Crippen molar-refractivity contribution in [1.82, 2.24) is 0 Å². The number of ketones is 1. The van der Waals surface area contributed by atoms with Gasteiger partial charge in [-0.25, -0.2) is 4.39 Å². The Morgan fingerprint density at radius 2 is 1.65 bits per heavy atom. The van der Waals surface area contributed by atoms with Crippen LogP contribution in [0, 0.1) is 15.9 Å². The van der Waals surface area contributed by atoms with E-state index in [0.29, 0.717) is 5.56 Å². The van der Waals surface area contributed by atoms with Crippen molar-refractivity contribution >= 4 is 28.8 Å². The van der Waals surface area contributed by atoms with Crippen molar-refractivity contribution in [1.29, 1.82) is 0 Å². The van der Waals surface area contributed by atoms with Crippen molar-refractivity contribution in [3.63, 3.8) is 0 Å². The molecule has 1 amide bonds. The first-order valence-corrected chi connectivity index (χ1v) is 9.25. The molecule has 1 fully saturated rings. The van der Waals surface area contributed by atoms with Crippen LogP contribution in [0.2, 0.25) is 0 Å². The molecule has 0 bridgehead atoms. The lowest BCUT2D eigenvalue weighted by Crippen LogP contribution is -2.29. The van der Waals surface area contributed by atoms with Crippen LogP contribution in [0.25, 0.3) is 5.76 Å². The molecule has 0 spiro atoms. The summed E-state index contributed by atoms with van der Waals surface area (Å²) in [5, 5.41) is 22.2. The van der Waals surface area contributed by atoms with E-state index in [1.807, 2.05) is 0 Å². The number of nitro groups is 1. The Hall–Kier alpha value is -4.33. The van der Waals surface area contributed by atoms with Gasteiger partial charge >= 0.3 is 0 Å². The lowest BCUT2D eigenvalue weighted by atomic mass is 9.95. The third kappa shape index (κ3) is 3.55. The number of carbonyl (C=O) groups excluding carboxylic acids is 2. The maximum Gasteiger partial charge on any atom is 0.300 e. The molecule has 0 saturated carbocycles. The Labute approximate surface area is 175 Å². The molecule has 1 saturated heterocycles. The van der Waals surface area contributed by atoms with Gasteiger partial charge in [-0.15, -0.1) is 0 Å². The van der Waals surface area contributed by atoms with E-state index in [2.05, 4.69) is 0 Å². The number of non-ortho nitro benzene ring substituents is 1. The van der Waals surface area contributed by atoms with Crippen molar-refractivity contribution in [3.05, 3.63) is 111 Å². The second-order valence-electron chi connectivity index (χ2n) is 6.86. The fourth-order valence-corrected chi connectivity index (χ4v) is 3.58. The molecular formula is C23H15FN2O5. The zero-order chi connectivity index (χ0) is 22.1. The largest absolute Gasteiger partial charge is 0.507 e. The number of amides is 1. The molecule has 0 unspecified atom stereocenters. The summed E-state index contributed by atoms with van der Waals surface area (Å²) >= 11 is 0. The average molecular weight is 418 g/mol. The Bertz CT molecular complexity index is 1220. The van der Waals surface area contributed by atoms with Crippen LogP contribution >= 0.6 is 0 Å². The fourth-order valence-electron chi connectivity index (χ4n) is 3.58. The van der Waals surface area contributed by atoms with Crippen LogP contribution in [0.3, 0.4) is 0 Å². The maximum atomic E-state index is 13.4. The van der Waals surface area contributed by atoms with Crippen molar-refractivity contribution in [3.8, 4) is 0 Å². The molecule has 31 heavy (non-hydrogen) atoms. The first kappa shape index (κ1) is 20.0. The van der Waals surface area contributed by atoms with E-state index in [1.54, 1.807) is 30.3 Å². The minimum Gasteiger partial charge on any atom is -0.507 e. The quantitative estimate of drug-likeness (QED) is 0.223. The Balaban J connectivity index is 1.97. The molecule has 1 aliphatic heterocycles. The van der Waals surface area contributed by atoms with Crippen LogP contribution in [0.15, 0.2) is 84.4 Å². The van der Waals surface area contributed by atoms with Gasteiger partial charge in [0.05, 0.1) is 16.5 Å². The lowest BCUT2D eigenvalue weighted by molar-refractivity contribution is -0.384. The van der Waals surface area contributed by atoms with E-state index < -0.39 is 34.2 Å². The molecule has 8 heteroatoms. The van der Waals surface area contributed by atoms with Gasteiger partial charge in [-0.05, 0) is 29.8 Å². The van der Waals surface area contributed by atoms with Crippen LogP contribution in [-0.4, -0.2) is 21.7 Å². The molecule has 3 aromatic rings. The van der Waals surface area contributed by atoms with E-state index in [4.69, 9.17) is 0 Å². The molecule has 0 aliphatic carbocycles. The summed E-state index contributed by atoms with van der Waals surface area (Å²) in [6.07, 6.45) is 0. The van der Waals surface area contributed by atoms with E-state index in [-0.39, 0.29) is 22.5 Å². The van der Waals surface area contributed by atoms with E-state index in [9.17, 15) is 29.2 Å². The molecule has 1 aliphatic rings. The number of aliphatic hydroxyl groups is 1. The highest BCUT2D eigenvalue weighted by Crippen LogP contribution is 2.42. The monoisotopic (exact) mass is 418 g/mol. The van der Waals surface area contributed by atoms with Crippen LogP contribution in [0.4, 0.5) is 15.8 Å². The number of carbonyl (C=O) groups is 2. The minimum absolute atomic E-state index is 0.207. The maximum absolute atomic E-state index is 13.4. The summed E-state index contributed by atoms with van der Waals surface area (Å²) in [5.74, 6) is -2.81. The molecule has 0 radical (unpaired) electrons. The Kier molecular flexibility index (Phi) is 5.04. The molecule has 0 aromatic heterocycles. The number of halogens is 1. The summed E-state index contributed by atoms with van der Waals surface area (Å²) in [6.45, 7) is 0. The minimum atomic E-state index is -1.13. The SMILES string of the molecule is O=C1C(=O)N(c2ccc(F)cc2)[C@H](c2cccc([N+](=O)[O-])c2)/C1=C(\O)c1ccccc1. The van der Waals surface area contributed by atoms with Gasteiger partial charge in [-0.2, -0.15) is 0 Å². The highest BCUT2D eigenvalue weighted by molar-refractivity contribution is 6.51. The predicted molar refractivity (Wildman–Crippen MR) is 111 cm³/mol. The number of anilines is 1. The number of Topliss-reactive ketones (excluding diaryl/α,β-unsaturated/α-hetero) is 1. The zero-order valence-corrected chi connectivity index (χ0v) is 15.9. The van der Waals surface area contributed by atoms with E-state index in [1.165, 1.54) is 36.4 Å². The predicted octanol–water partition coefficient (Wildman–Crippen LogP) is 4.36. The number of aliphatic hydroxyl groups excluding tert-OH is 1. The van der Waals surface area contributed by atoms with Crippen LogP contribution in [-0.2, 0) is 9.59 Å². The molecular weight excluding hydrogens is 403 g/mol. The summed E-state index contributed by atoms with van der Waals surface area (Å²) in [5.41, 5.74) is 0.347. The van der Waals surface area contributed by atoms with Crippen LogP contribution in [0.1, 0.15) is 17.2 Å². The van der Waals surface area contributed by atoms with E-state index >= 15 is 0 Å². The zero-order valence-electron chi connectivity index (χ0n) is 15.9. The van der Waals surface area contributed by atoms with Gasteiger partial charge in [-0.3, -0.25) is 24.6 Å². The second-order valence-corrected chi connectivity index (χ2v) is 6.86. The second kappa shape index (κ2) is 7.83. The third-order valence-electron chi connectivity index (χ3n) is 4.99. The number of nitro benzene ring substituents is 1. The Morgan fingerprint density at radius 1 is 0.968 bits per heavy atom. The summed E-state index contributed by atoms with van der Waals surface area (Å²) in [4.78, 5) is 37.7. The number of hydrogen-bond donors (Lipinski definition) is 1. The summed E-state index contributed by atoms with van der Waals surface area (Å²) < 4.78 is 13.4. The lowest BCUT2D eigenvalue weighted by Gasteiger charge is -2.25. The number of hydrogen-bond acceptors (Lipinski definition) is 5. The van der Waals surface area contributed by atoms with Crippen LogP contribution < -0.4 is 4.90 Å². The van der Waals surface area contributed by atoms with E-state index in [0.717, 1.165) is 17.0 Å². The molecule has 1 heterocycles. The van der Waals surface area contributed by atoms with Crippen molar-refractivity contribution in [2.75, 3.05) is 4.90 Å². The normalized spacial score (nSPS) is 17.7. The Morgan fingerprint density at radius 3 is 2.29 bits per heavy atom. The number of rotatable bonds is 4. The van der Waals surface area contributed by atoms with Gasteiger partial charge in [0.2, 0.25) is 0 Å². The average Bonchev–Trinajstić information content (AvgIpc) is 3.05. The number of benzene rings is 3. The van der Waals surface area contributed by atoms with Crippen molar-refractivity contribution in [2.45, 2.75) is 6.04 Å². The first-order valence-electron chi connectivity index (χ1n) is 9.25. The van der Waals surface area contributed by atoms with Gasteiger partial charge < -0.3 is 5.11 Å². The third-order valence-corrected chi connectivity index (χ3v) is 4.99. The smallest absolute Gasteiger partial charge is 0.300 e. The van der Waals surface area contributed by atoms with Gasteiger partial charge in [-0.1, -0.05) is 42.5 Å². The molecule has 3 aromatic carbocycles. The van der Waals surface area contributed by atoms with Crippen LogP contribution in [0.5, 0.6) is 0 Å². The summed E-state index contributed by atoms with van der Waals surface area (Å²) in [7, 11) is 0. The van der Waals surface area contributed by atoms with Gasteiger partial charge in [0.1, 0.15) is 11.6 Å². The van der Waals surface area contributed by atoms with Crippen molar-refractivity contribution in [2.24, 2.45) is 0 Å². The van der Waals surface area contributed by atoms with Gasteiger partial charge in [0, 0.05) is 23.4 Å². The standard InChI is InChI=1S/C23H15FN2O5/c24-16-9-11-17(12-10-16)25-20(15-7-4-8-18(13-15)26(30)31)19(22(28)23(25)29)21(27)14-5-2-1-3-6-14/h1-13,20,27H/b21-19+/t20-/m1/s1. The first-order chi connectivity index (χ1) is 14.9.